The van der Waals surface area contributed by atoms with E-state index in [1.807, 2.05) is 51.1 Å². The van der Waals surface area contributed by atoms with Crippen molar-refractivity contribution in [3.05, 3.63) is 106 Å². The van der Waals surface area contributed by atoms with Gasteiger partial charge >= 0.3 is 0 Å². The second kappa shape index (κ2) is 11.2. The van der Waals surface area contributed by atoms with E-state index in [-0.39, 0.29) is 17.7 Å². The second-order valence-electron chi connectivity index (χ2n) is 9.03. The number of hydrazone groups is 1. The van der Waals surface area contributed by atoms with Crippen LogP contribution >= 0.6 is 11.6 Å². The lowest BCUT2D eigenvalue weighted by Crippen LogP contribution is -2.48. The predicted octanol–water partition coefficient (Wildman–Crippen LogP) is 5.56. The maximum Gasteiger partial charge on any atom is 0.262 e. The van der Waals surface area contributed by atoms with E-state index in [1.165, 1.54) is 5.56 Å². The van der Waals surface area contributed by atoms with Crippen LogP contribution in [0.15, 0.2) is 84.0 Å². The standard InChI is InChI=1S/C29H29ClN4O2/c1-19(2)27(32-28(35)22-12-9-13-23(30)16-22)29(36)33-31-17-25-20(3)34(18-21-10-5-4-6-11-21)26-15-8-7-14-24(25)26/h4-17,19,27H,18H2,1-3H3,(H,32,35)(H,33,36). The number of nitrogens with one attached hydrogen (secondary N) is 2. The predicted molar refractivity (Wildman–Crippen MR) is 145 cm³/mol. The molecule has 36 heavy (non-hydrogen) atoms. The third-order valence-electron chi connectivity index (χ3n) is 6.15. The number of rotatable bonds is 8. The Morgan fingerprint density at radius 1 is 1.00 bits per heavy atom. The van der Waals surface area contributed by atoms with Crippen molar-refractivity contribution >= 4 is 40.5 Å². The third-order valence-corrected chi connectivity index (χ3v) is 6.39. The molecule has 0 aliphatic rings. The summed E-state index contributed by atoms with van der Waals surface area (Å²) >= 11 is 6.00. The molecule has 3 aromatic carbocycles. The molecule has 1 heterocycles. The average molecular weight is 501 g/mol. The summed E-state index contributed by atoms with van der Waals surface area (Å²) in [4.78, 5) is 25.6. The van der Waals surface area contributed by atoms with E-state index in [1.54, 1.807) is 30.5 Å². The van der Waals surface area contributed by atoms with E-state index >= 15 is 0 Å². The number of hydrogen-bond acceptors (Lipinski definition) is 3. The fourth-order valence-corrected chi connectivity index (χ4v) is 4.40. The molecule has 0 bridgehead atoms. The van der Waals surface area contributed by atoms with Gasteiger partial charge in [-0.2, -0.15) is 5.10 Å². The lowest BCUT2D eigenvalue weighted by atomic mass is 10.0. The molecule has 4 rings (SSSR count). The molecule has 0 saturated heterocycles. The highest BCUT2D eigenvalue weighted by Gasteiger charge is 2.24. The summed E-state index contributed by atoms with van der Waals surface area (Å²) in [7, 11) is 0. The molecule has 1 atom stereocenters. The van der Waals surface area contributed by atoms with Gasteiger partial charge in [-0.25, -0.2) is 5.43 Å². The molecule has 0 saturated carbocycles. The van der Waals surface area contributed by atoms with Crippen molar-refractivity contribution in [1.29, 1.82) is 0 Å². The van der Waals surface area contributed by atoms with Crippen LogP contribution in [0.4, 0.5) is 0 Å². The highest BCUT2D eigenvalue weighted by atomic mass is 35.5. The Balaban J connectivity index is 1.52. The minimum Gasteiger partial charge on any atom is -0.340 e. The van der Waals surface area contributed by atoms with Crippen molar-refractivity contribution in [3.63, 3.8) is 0 Å². The van der Waals surface area contributed by atoms with Crippen LogP contribution in [0.2, 0.25) is 5.02 Å². The monoisotopic (exact) mass is 500 g/mol. The summed E-state index contributed by atoms with van der Waals surface area (Å²) in [6, 6.07) is 24.3. The van der Waals surface area contributed by atoms with Crippen molar-refractivity contribution in [2.45, 2.75) is 33.4 Å². The zero-order valence-electron chi connectivity index (χ0n) is 20.5. The smallest absolute Gasteiger partial charge is 0.262 e. The fraction of sp³-hybridized carbons (Fsp3) is 0.207. The summed E-state index contributed by atoms with van der Waals surface area (Å²) in [5.74, 6) is -0.893. The van der Waals surface area contributed by atoms with Crippen molar-refractivity contribution < 1.29 is 9.59 Å². The first-order chi connectivity index (χ1) is 17.3. The second-order valence-corrected chi connectivity index (χ2v) is 9.46. The molecule has 184 valence electrons. The van der Waals surface area contributed by atoms with Crippen LogP contribution in [-0.2, 0) is 11.3 Å². The van der Waals surface area contributed by atoms with Gasteiger partial charge in [0.2, 0.25) is 0 Å². The maximum absolute atomic E-state index is 12.9. The molecule has 2 N–H and O–H groups in total. The van der Waals surface area contributed by atoms with Gasteiger partial charge in [-0.05, 0) is 42.7 Å². The van der Waals surface area contributed by atoms with Crippen LogP contribution in [0.5, 0.6) is 0 Å². The van der Waals surface area contributed by atoms with Crippen molar-refractivity contribution in [2.24, 2.45) is 11.0 Å². The van der Waals surface area contributed by atoms with Crippen LogP contribution in [0.25, 0.3) is 10.9 Å². The Bertz CT molecular complexity index is 1410. The topological polar surface area (TPSA) is 75.5 Å². The lowest BCUT2D eigenvalue weighted by molar-refractivity contribution is -0.123. The normalized spacial score (nSPS) is 12.2. The Hall–Kier alpha value is -3.90. The van der Waals surface area contributed by atoms with E-state index in [2.05, 4.69) is 44.7 Å². The first-order valence-electron chi connectivity index (χ1n) is 11.9. The van der Waals surface area contributed by atoms with E-state index < -0.39 is 6.04 Å². The number of para-hydroxylation sites is 1. The van der Waals surface area contributed by atoms with Crippen molar-refractivity contribution in [2.75, 3.05) is 0 Å². The van der Waals surface area contributed by atoms with E-state index in [0.29, 0.717) is 10.6 Å². The Labute approximate surface area is 216 Å². The summed E-state index contributed by atoms with van der Waals surface area (Å²) in [5, 5.41) is 8.57. The molecule has 6 nitrogen and oxygen atoms in total. The van der Waals surface area contributed by atoms with E-state index in [9.17, 15) is 9.59 Å². The first-order valence-corrected chi connectivity index (χ1v) is 12.2. The molecule has 1 unspecified atom stereocenters. The zero-order chi connectivity index (χ0) is 25.7. The van der Waals surface area contributed by atoms with Crippen LogP contribution in [0, 0.1) is 12.8 Å². The number of halogens is 1. The van der Waals surface area contributed by atoms with Crippen LogP contribution in [-0.4, -0.2) is 28.6 Å². The van der Waals surface area contributed by atoms with Crippen LogP contribution in [0.3, 0.4) is 0 Å². The summed E-state index contributed by atoms with van der Waals surface area (Å²) in [5.41, 5.74) is 7.29. The van der Waals surface area contributed by atoms with E-state index in [4.69, 9.17) is 11.6 Å². The average Bonchev–Trinajstić information content (AvgIpc) is 3.13. The summed E-state index contributed by atoms with van der Waals surface area (Å²) in [6.45, 7) is 6.52. The molecule has 2 amide bonds. The molecule has 0 spiro atoms. The Morgan fingerprint density at radius 3 is 2.44 bits per heavy atom. The highest BCUT2D eigenvalue weighted by Crippen LogP contribution is 2.25. The molecular weight excluding hydrogens is 472 g/mol. The molecule has 0 aliphatic carbocycles. The number of nitrogens with zero attached hydrogens (tertiary/aromatic N) is 2. The van der Waals surface area contributed by atoms with Crippen LogP contribution in [0.1, 0.15) is 41.0 Å². The summed E-state index contributed by atoms with van der Waals surface area (Å²) in [6.07, 6.45) is 1.67. The molecule has 0 fully saturated rings. The number of carbonyl (C=O) groups is 2. The SMILES string of the molecule is Cc1c(C=NNC(=O)C(NC(=O)c2cccc(Cl)c2)C(C)C)c2ccccc2n1Cc1ccccc1. The number of benzene rings is 3. The maximum atomic E-state index is 12.9. The Morgan fingerprint density at radius 2 is 1.72 bits per heavy atom. The van der Waals surface area contributed by atoms with Gasteiger partial charge in [0, 0.05) is 39.3 Å². The minimum absolute atomic E-state index is 0.141. The van der Waals surface area contributed by atoms with Gasteiger partial charge in [0.05, 0.1) is 6.21 Å². The van der Waals surface area contributed by atoms with Gasteiger partial charge in [0.15, 0.2) is 0 Å². The Kier molecular flexibility index (Phi) is 7.86. The molecule has 1 aromatic heterocycles. The zero-order valence-corrected chi connectivity index (χ0v) is 21.3. The number of hydrogen-bond donors (Lipinski definition) is 2. The highest BCUT2D eigenvalue weighted by molar-refractivity contribution is 6.31. The molecule has 0 radical (unpaired) electrons. The van der Waals surface area contributed by atoms with E-state index in [0.717, 1.165) is 28.7 Å². The quantitative estimate of drug-likeness (QED) is 0.245. The van der Waals surface area contributed by atoms with Gasteiger partial charge in [-0.3, -0.25) is 9.59 Å². The van der Waals surface area contributed by atoms with Crippen molar-refractivity contribution in [1.82, 2.24) is 15.3 Å². The molecule has 7 heteroatoms. The molecule has 4 aromatic rings. The lowest BCUT2D eigenvalue weighted by Gasteiger charge is -2.20. The number of carbonyl (C=O) groups excluding carboxylic acids is 2. The van der Waals surface area contributed by atoms with Gasteiger partial charge < -0.3 is 9.88 Å². The largest absolute Gasteiger partial charge is 0.340 e. The first kappa shape index (κ1) is 25.2. The number of aromatic nitrogens is 1. The minimum atomic E-state index is -0.755. The van der Waals surface area contributed by atoms with Gasteiger partial charge in [-0.1, -0.05) is 80.0 Å². The van der Waals surface area contributed by atoms with Gasteiger partial charge in [0.1, 0.15) is 6.04 Å². The van der Waals surface area contributed by atoms with Crippen LogP contribution < -0.4 is 10.7 Å². The third kappa shape index (κ3) is 5.66. The molecule has 0 aliphatic heterocycles. The number of amides is 2. The summed E-state index contributed by atoms with van der Waals surface area (Å²) < 4.78 is 2.25. The van der Waals surface area contributed by atoms with Gasteiger partial charge in [-0.15, -0.1) is 0 Å². The molecular formula is C29H29ClN4O2. The van der Waals surface area contributed by atoms with Crippen molar-refractivity contribution in [3.8, 4) is 0 Å². The van der Waals surface area contributed by atoms with Gasteiger partial charge in [0.25, 0.3) is 11.8 Å². The fourth-order valence-electron chi connectivity index (χ4n) is 4.21. The number of fused-ring (bicyclic) bond motifs is 1.